The fourth-order valence-corrected chi connectivity index (χ4v) is 3.49. The highest BCUT2D eigenvalue weighted by Gasteiger charge is 2.16. The second kappa shape index (κ2) is 7.65. The molecule has 2 N–H and O–H groups in total. The van der Waals surface area contributed by atoms with Crippen LogP contribution in [-0.2, 0) is 12.8 Å². The second-order valence-electron chi connectivity index (χ2n) is 6.63. The van der Waals surface area contributed by atoms with Crippen molar-refractivity contribution in [1.29, 1.82) is 0 Å². The molecule has 4 nitrogen and oxygen atoms in total. The smallest absolute Gasteiger partial charge is 0.229 e. The lowest BCUT2D eigenvalue weighted by molar-refractivity contribution is 0.749. The van der Waals surface area contributed by atoms with Crippen molar-refractivity contribution in [2.45, 2.75) is 65.3 Å². The SMILES string of the molecule is CCc1cccc(CC)c1Nc1nc(C)cc(NC2CCCC2)n1. The Morgan fingerprint density at radius 1 is 1.04 bits per heavy atom. The van der Waals surface area contributed by atoms with Crippen LogP contribution in [0.4, 0.5) is 17.5 Å². The van der Waals surface area contributed by atoms with Gasteiger partial charge in [-0.1, -0.05) is 44.9 Å². The minimum atomic E-state index is 0.557. The number of nitrogens with zero attached hydrogens (tertiary/aromatic N) is 2. The molecule has 0 amide bonds. The van der Waals surface area contributed by atoms with E-state index in [1.54, 1.807) is 0 Å². The maximum absolute atomic E-state index is 4.71. The molecular formula is C20H28N4. The third kappa shape index (κ3) is 3.86. The molecule has 0 radical (unpaired) electrons. The molecule has 0 atom stereocenters. The van der Waals surface area contributed by atoms with Crippen LogP contribution < -0.4 is 10.6 Å². The van der Waals surface area contributed by atoms with E-state index >= 15 is 0 Å². The van der Waals surface area contributed by atoms with Gasteiger partial charge >= 0.3 is 0 Å². The number of benzene rings is 1. The van der Waals surface area contributed by atoms with E-state index in [0.717, 1.165) is 24.4 Å². The monoisotopic (exact) mass is 324 g/mol. The van der Waals surface area contributed by atoms with Crippen LogP contribution in [0.2, 0.25) is 0 Å². The van der Waals surface area contributed by atoms with Gasteiger partial charge in [0.05, 0.1) is 0 Å². The first-order valence-electron chi connectivity index (χ1n) is 9.19. The maximum Gasteiger partial charge on any atom is 0.229 e. The molecule has 0 spiro atoms. The summed E-state index contributed by atoms with van der Waals surface area (Å²) in [7, 11) is 0. The van der Waals surface area contributed by atoms with Crippen LogP contribution in [0.1, 0.15) is 56.4 Å². The Morgan fingerprint density at radius 2 is 1.71 bits per heavy atom. The largest absolute Gasteiger partial charge is 0.367 e. The fraction of sp³-hybridized carbons (Fsp3) is 0.500. The number of aryl methyl sites for hydroxylation is 3. The van der Waals surface area contributed by atoms with E-state index in [1.807, 2.05) is 13.0 Å². The Kier molecular flexibility index (Phi) is 5.34. The average Bonchev–Trinajstić information content (AvgIpc) is 3.07. The summed E-state index contributed by atoms with van der Waals surface area (Å²) >= 11 is 0. The van der Waals surface area contributed by atoms with Crippen LogP contribution in [0.5, 0.6) is 0 Å². The molecule has 0 bridgehead atoms. The first-order chi connectivity index (χ1) is 11.7. The summed E-state index contributed by atoms with van der Waals surface area (Å²) in [5, 5.41) is 7.06. The third-order valence-corrected chi connectivity index (χ3v) is 4.80. The van der Waals surface area contributed by atoms with E-state index < -0.39 is 0 Å². The highest BCUT2D eigenvalue weighted by Crippen LogP contribution is 2.27. The lowest BCUT2D eigenvalue weighted by Crippen LogP contribution is -2.16. The Labute approximate surface area is 145 Å². The van der Waals surface area contributed by atoms with Gasteiger partial charge < -0.3 is 10.6 Å². The first kappa shape index (κ1) is 16.7. The van der Waals surface area contributed by atoms with Crippen molar-refractivity contribution < 1.29 is 0 Å². The van der Waals surface area contributed by atoms with Crippen molar-refractivity contribution in [1.82, 2.24) is 9.97 Å². The lowest BCUT2D eigenvalue weighted by atomic mass is 10.0. The van der Waals surface area contributed by atoms with Gasteiger partial charge in [-0.25, -0.2) is 4.98 Å². The second-order valence-corrected chi connectivity index (χ2v) is 6.63. The van der Waals surface area contributed by atoms with Gasteiger partial charge in [-0.15, -0.1) is 0 Å². The summed E-state index contributed by atoms with van der Waals surface area (Å²) in [4.78, 5) is 9.30. The highest BCUT2D eigenvalue weighted by atomic mass is 15.2. The summed E-state index contributed by atoms with van der Waals surface area (Å²) in [6, 6.07) is 9.08. The number of nitrogens with one attached hydrogen (secondary N) is 2. The van der Waals surface area contributed by atoms with Gasteiger partial charge in [0.2, 0.25) is 5.95 Å². The lowest BCUT2D eigenvalue weighted by Gasteiger charge is -2.17. The average molecular weight is 324 g/mol. The molecule has 0 saturated heterocycles. The van der Waals surface area contributed by atoms with Gasteiger partial charge in [-0.05, 0) is 43.7 Å². The van der Waals surface area contributed by atoms with Gasteiger partial charge in [-0.2, -0.15) is 4.98 Å². The quantitative estimate of drug-likeness (QED) is 0.784. The van der Waals surface area contributed by atoms with E-state index in [9.17, 15) is 0 Å². The number of anilines is 3. The normalized spacial score (nSPS) is 14.8. The Balaban J connectivity index is 1.86. The van der Waals surface area contributed by atoms with Crippen LogP contribution in [0.3, 0.4) is 0 Å². The summed E-state index contributed by atoms with van der Waals surface area (Å²) in [5.74, 6) is 1.62. The van der Waals surface area contributed by atoms with E-state index in [-0.39, 0.29) is 0 Å². The van der Waals surface area contributed by atoms with Crippen LogP contribution >= 0.6 is 0 Å². The van der Waals surface area contributed by atoms with E-state index in [4.69, 9.17) is 4.98 Å². The van der Waals surface area contributed by atoms with E-state index in [0.29, 0.717) is 12.0 Å². The molecule has 1 aliphatic carbocycles. The Bertz CT molecular complexity index is 668. The summed E-state index contributed by atoms with van der Waals surface area (Å²) in [6.07, 6.45) is 7.10. The molecule has 1 aliphatic rings. The van der Waals surface area contributed by atoms with Crippen molar-refractivity contribution >= 4 is 17.5 Å². The first-order valence-corrected chi connectivity index (χ1v) is 9.19. The molecule has 1 aromatic heterocycles. The van der Waals surface area contributed by atoms with Crippen molar-refractivity contribution in [2.75, 3.05) is 10.6 Å². The minimum absolute atomic E-state index is 0.557. The van der Waals surface area contributed by atoms with E-state index in [2.05, 4.69) is 47.7 Å². The number of para-hydroxylation sites is 1. The zero-order valence-corrected chi connectivity index (χ0v) is 15.0. The number of hydrogen-bond acceptors (Lipinski definition) is 4. The molecule has 4 heteroatoms. The molecule has 2 aromatic rings. The number of hydrogen-bond donors (Lipinski definition) is 2. The van der Waals surface area contributed by atoms with Crippen LogP contribution in [0.25, 0.3) is 0 Å². The van der Waals surface area contributed by atoms with Crippen molar-refractivity contribution in [3.63, 3.8) is 0 Å². The van der Waals surface area contributed by atoms with Gasteiger partial charge in [0.15, 0.2) is 0 Å². The third-order valence-electron chi connectivity index (χ3n) is 4.80. The molecule has 1 fully saturated rings. The van der Waals surface area contributed by atoms with Gasteiger partial charge in [0.1, 0.15) is 5.82 Å². The fourth-order valence-electron chi connectivity index (χ4n) is 3.49. The molecule has 3 rings (SSSR count). The molecule has 128 valence electrons. The van der Waals surface area contributed by atoms with Gasteiger partial charge in [0.25, 0.3) is 0 Å². The summed E-state index contributed by atoms with van der Waals surface area (Å²) in [5.41, 5.74) is 4.77. The Morgan fingerprint density at radius 3 is 2.33 bits per heavy atom. The summed E-state index contributed by atoms with van der Waals surface area (Å²) < 4.78 is 0. The molecule has 1 saturated carbocycles. The van der Waals surface area contributed by atoms with Gasteiger partial charge in [-0.3, -0.25) is 0 Å². The van der Waals surface area contributed by atoms with E-state index in [1.165, 1.54) is 42.5 Å². The molecule has 1 aromatic carbocycles. The highest BCUT2D eigenvalue weighted by molar-refractivity contribution is 5.64. The molecule has 1 heterocycles. The minimum Gasteiger partial charge on any atom is -0.367 e. The molecular weight excluding hydrogens is 296 g/mol. The zero-order valence-electron chi connectivity index (χ0n) is 15.0. The summed E-state index contributed by atoms with van der Waals surface area (Å²) in [6.45, 7) is 6.40. The van der Waals surface area contributed by atoms with Crippen molar-refractivity contribution in [3.05, 3.63) is 41.1 Å². The van der Waals surface area contributed by atoms with Crippen molar-refractivity contribution in [3.8, 4) is 0 Å². The standard InChI is InChI=1S/C20H28N4/c1-4-15-9-8-10-16(5-2)19(15)24-20-21-14(3)13-18(23-20)22-17-11-6-7-12-17/h8-10,13,17H,4-7,11-12H2,1-3H3,(H2,21,22,23,24). The number of rotatable bonds is 6. The maximum atomic E-state index is 4.71. The molecule has 0 aliphatic heterocycles. The number of aromatic nitrogens is 2. The van der Waals surface area contributed by atoms with Crippen molar-refractivity contribution in [2.24, 2.45) is 0 Å². The molecule has 0 unspecified atom stereocenters. The topological polar surface area (TPSA) is 49.8 Å². The predicted octanol–water partition coefficient (Wildman–Crippen LogP) is 5.01. The zero-order chi connectivity index (χ0) is 16.9. The Hall–Kier alpha value is -2.10. The van der Waals surface area contributed by atoms with Crippen LogP contribution in [-0.4, -0.2) is 16.0 Å². The van der Waals surface area contributed by atoms with Crippen LogP contribution in [0.15, 0.2) is 24.3 Å². The van der Waals surface area contributed by atoms with Gasteiger partial charge in [0, 0.05) is 23.5 Å². The van der Waals surface area contributed by atoms with Crippen LogP contribution in [0, 0.1) is 6.92 Å². The predicted molar refractivity (Wildman–Crippen MR) is 101 cm³/mol. The molecule has 24 heavy (non-hydrogen) atoms.